The van der Waals surface area contributed by atoms with Crippen LogP contribution in [0.2, 0.25) is 0 Å². The zero-order chi connectivity index (χ0) is 16.1. The Bertz CT molecular complexity index is 699. The molecule has 2 aromatic rings. The van der Waals surface area contributed by atoms with Gasteiger partial charge in [-0.3, -0.25) is 0 Å². The average Bonchev–Trinajstić information content (AvgIpc) is 2.52. The third kappa shape index (κ3) is 3.60. The van der Waals surface area contributed by atoms with E-state index in [-0.39, 0.29) is 5.82 Å². The molecule has 0 atom stereocenters. The number of ether oxygens (including phenoxy) is 1. The molecule has 0 saturated heterocycles. The molecular weight excluding hydrogens is 287 g/mol. The molecule has 2 amide bonds. The number of carbonyl (C=O) groups excluding carboxylic acids is 2. The highest BCUT2D eigenvalue weighted by Gasteiger charge is 2.09. The highest BCUT2D eigenvalue weighted by molar-refractivity contribution is 6.00. The number of carbonyl (C=O) groups is 2. The molecule has 114 valence electrons. The van der Waals surface area contributed by atoms with Crippen molar-refractivity contribution in [3.05, 3.63) is 59.4 Å². The molecule has 0 heterocycles. The van der Waals surface area contributed by atoms with Gasteiger partial charge < -0.3 is 15.4 Å². The lowest BCUT2D eigenvalue weighted by Crippen LogP contribution is -2.20. The summed E-state index contributed by atoms with van der Waals surface area (Å²) in [7, 11) is 1.29. The normalized spacial score (nSPS) is 9.95. The van der Waals surface area contributed by atoms with Gasteiger partial charge in [0.25, 0.3) is 0 Å². The van der Waals surface area contributed by atoms with Crippen molar-refractivity contribution in [2.75, 3.05) is 17.7 Å². The van der Waals surface area contributed by atoms with E-state index < -0.39 is 12.0 Å². The number of amides is 2. The van der Waals surface area contributed by atoms with Crippen molar-refractivity contribution in [3.63, 3.8) is 0 Å². The molecule has 0 fully saturated rings. The van der Waals surface area contributed by atoms with Crippen molar-refractivity contribution in [2.45, 2.75) is 6.92 Å². The predicted molar refractivity (Wildman–Crippen MR) is 81.6 cm³/mol. The fourth-order valence-electron chi connectivity index (χ4n) is 1.84. The van der Waals surface area contributed by atoms with Crippen LogP contribution in [0.1, 0.15) is 15.9 Å². The van der Waals surface area contributed by atoms with E-state index in [4.69, 9.17) is 0 Å². The molecule has 2 N–H and O–H groups in total. The molecule has 0 aliphatic heterocycles. The summed E-state index contributed by atoms with van der Waals surface area (Å²) in [6.45, 7) is 1.58. The smallest absolute Gasteiger partial charge is 0.337 e. The number of esters is 1. The highest BCUT2D eigenvalue weighted by atomic mass is 19.1. The molecule has 0 radical (unpaired) electrons. The summed E-state index contributed by atoms with van der Waals surface area (Å²) in [6.07, 6.45) is 0. The molecule has 5 nitrogen and oxygen atoms in total. The molecule has 6 heteroatoms. The van der Waals surface area contributed by atoms with E-state index in [0.717, 1.165) is 0 Å². The SMILES string of the molecule is COC(=O)c1ccc(NC(=O)Nc2cccc(F)c2C)cc1. The summed E-state index contributed by atoms with van der Waals surface area (Å²) in [6, 6.07) is 10.2. The lowest BCUT2D eigenvalue weighted by molar-refractivity contribution is 0.0601. The molecule has 22 heavy (non-hydrogen) atoms. The van der Waals surface area contributed by atoms with Gasteiger partial charge in [0.05, 0.1) is 12.7 Å². The van der Waals surface area contributed by atoms with E-state index in [1.165, 1.54) is 31.4 Å². The third-order valence-electron chi connectivity index (χ3n) is 3.08. The summed E-state index contributed by atoms with van der Waals surface area (Å²) in [5, 5.41) is 5.16. The first-order valence-corrected chi connectivity index (χ1v) is 6.52. The Morgan fingerprint density at radius 2 is 1.73 bits per heavy atom. The summed E-state index contributed by atoms with van der Waals surface area (Å²) in [5.41, 5.74) is 1.64. The summed E-state index contributed by atoms with van der Waals surface area (Å²) < 4.78 is 18.0. The van der Waals surface area contributed by atoms with Crippen LogP contribution >= 0.6 is 0 Å². The van der Waals surface area contributed by atoms with Gasteiger partial charge in [0.2, 0.25) is 0 Å². The van der Waals surface area contributed by atoms with Crippen molar-refractivity contribution >= 4 is 23.4 Å². The number of methoxy groups -OCH3 is 1. The molecule has 0 aromatic heterocycles. The number of benzene rings is 2. The van der Waals surface area contributed by atoms with Gasteiger partial charge in [-0.25, -0.2) is 14.0 Å². The van der Waals surface area contributed by atoms with Crippen LogP contribution in [0.3, 0.4) is 0 Å². The minimum Gasteiger partial charge on any atom is -0.465 e. The molecule has 0 saturated carbocycles. The maximum Gasteiger partial charge on any atom is 0.337 e. The molecule has 0 aliphatic rings. The second-order valence-corrected chi connectivity index (χ2v) is 4.56. The fraction of sp³-hybridized carbons (Fsp3) is 0.125. The Morgan fingerprint density at radius 1 is 1.05 bits per heavy atom. The second kappa shape index (κ2) is 6.71. The molecule has 0 spiro atoms. The number of anilines is 2. The van der Waals surface area contributed by atoms with E-state index in [1.807, 2.05) is 0 Å². The van der Waals surface area contributed by atoms with Gasteiger partial charge in [0.1, 0.15) is 5.82 Å². The number of rotatable bonds is 3. The molecule has 0 aliphatic carbocycles. The molecule has 2 rings (SSSR count). The minimum atomic E-state index is -0.500. The first kappa shape index (κ1) is 15.5. The Hall–Kier alpha value is -2.89. The molecular formula is C16H15FN2O3. The van der Waals surface area contributed by atoms with Crippen LogP contribution in [0.15, 0.2) is 42.5 Å². The van der Waals surface area contributed by atoms with E-state index >= 15 is 0 Å². The van der Waals surface area contributed by atoms with Crippen LogP contribution in [0.4, 0.5) is 20.6 Å². The zero-order valence-electron chi connectivity index (χ0n) is 12.1. The van der Waals surface area contributed by atoms with Gasteiger partial charge in [-0.05, 0) is 43.3 Å². The Kier molecular flexibility index (Phi) is 4.73. The summed E-state index contributed by atoms with van der Waals surface area (Å²) >= 11 is 0. The van der Waals surface area contributed by atoms with Crippen LogP contribution < -0.4 is 10.6 Å². The van der Waals surface area contributed by atoms with Gasteiger partial charge >= 0.3 is 12.0 Å². The van der Waals surface area contributed by atoms with Gasteiger partial charge in [-0.1, -0.05) is 6.07 Å². The maximum absolute atomic E-state index is 13.4. The van der Waals surface area contributed by atoms with E-state index in [0.29, 0.717) is 22.5 Å². The summed E-state index contributed by atoms with van der Waals surface area (Å²) in [5.74, 6) is -0.841. The van der Waals surface area contributed by atoms with E-state index in [9.17, 15) is 14.0 Å². The third-order valence-corrected chi connectivity index (χ3v) is 3.08. The van der Waals surface area contributed by atoms with Gasteiger partial charge in [-0.2, -0.15) is 0 Å². The zero-order valence-corrected chi connectivity index (χ0v) is 12.1. The monoisotopic (exact) mass is 302 g/mol. The Balaban J connectivity index is 2.03. The van der Waals surface area contributed by atoms with Gasteiger partial charge in [0, 0.05) is 16.9 Å². The van der Waals surface area contributed by atoms with Crippen LogP contribution in [-0.2, 0) is 4.74 Å². The van der Waals surface area contributed by atoms with E-state index in [2.05, 4.69) is 15.4 Å². The van der Waals surface area contributed by atoms with Crippen LogP contribution in [-0.4, -0.2) is 19.1 Å². The first-order valence-electron chi connectivity index (χ1n) is 6.52. The van der Waals surface area contributed by atoms with Gasteiger partial charge in [-0.15, -0.1) is 0 Å². The Morgan fingerprint density at radius 3 is 2.36 bits per heavy atom. The van der Waals surface area contributed by atoms with Crippen LogP contribution in [0.5, 0.6) is 0 Å². The molecule has 0 unspecified atom stereocenters. The number of halogens is 1. The average molecular weight is 302 g/mol. The van der Waals surface area contributed by atoms with E-state index in [1.54, 1.807) is 25.1 Å². The van der Waals surface area contributed by atoms with Crippen molar-refractivity contribution < 1.29 is 18.7 Å². The van der Waals surface area contributed by atoms with Crippen LogP contribution in [0.25, 0.3) is 0 Å². The second-order valence-electron chi connectivity index (χ2n) is 4.56. The summed E-state index contributed by atoms with van der Waals surface area (Å²) in [4.78, 5) is 23.2. The largest absolute Gasteiger partial charge is 0.465 e. The van der Waals surface area contributed by atoms with Crippen LogP contribution in [0, 0.1) is 12.7 Å². The quantitative estimate of drug-likeness (QED) is 0.852. The fourth-order valence-corrected chi connectivity index (χ4v) is 1.84. The van der Waals surface area contributed by atoms with Crippen molar-refractivity contribution in [1.29, 1.82) is 0 Å². The minimum absolute atomic E-state index is 0.360. The van der Waals surface area contributed by atoms with Crippen molar-refractivity contribution in [1.82, 2.24) is 0 Å². The highest BCUT2D eigenvalue weighted by Crippen LogP contribution is 2.18. The predicted octanol–water partition coefficient (Wildman–Crippen LogP) is 3.56. The lowest BCUT2D eigenvalue weighted by Gasteiger charge is -2.10. The molecule has 2 aromatic carbocycles. The lowest BCUT2D eigenvalue weighted by atomic mass is 10.2. The Labute approximate surface area is 127 Å². The number of urea groups is 1. The standard InChI is InChI=1S/C16H15FN2O3/c1-10-13(17)4-3-5-14(10)19-16(21)18-12-8-6-11(7-9-12)15(20)22-2/h3-9H,1-2H3,(H2,18,19,21). The number of hydrogen-bond acceptors (Lipinski definition) is 3. The first-order chi connectivity index (χ1) is 10.5. The van der Waals surface area contributed by atoms with Crippen molar-refractivity contribution in [2.24, 2.45) is 0 Å². The molecule has 0 bridgehead atoms. The van der Waals surface area contributed by atoms with Gasteiger partial charge in [0.15, 0.2) is 0 Å². The maximum atomic E-state index is 13.4. The number of nitrogens with one attached hydrogen (secondary N) is 2. The number of hydrogen-bond donors (Lipinski definition) is 2. The topological polar surface area (TPSA) is 67.4 Å². The van der Waals surface area contributed by atoms with Crippen molar-refractivity contribution in [3.8, 4) is 0 Å².